The Labute approximate surface area is 71.9 Å². The van der Waals surface area contributed by atoms with Crippen LogP contribution < -0.4 is 5.32 Å². The lowest BCUT2D eigenvalue weighted by Crippen LogP contribution is -2.35. The topological polar surface area (TPSA) is 46.2 Å². The van der Waals surface area contributed by atoms with Crippen molar-refractivity contribution in [1.29, 1.82) is 0 Å². The molecule has 0 aliphatic rings. The van der Waals surface area contributed by atoms with Gasteiger partial charge in [0, 0.05) is 15.4 Å². The summed E-state index contributed by atoms with van der Waals surface area (Å²) in [4.78, 5) is 22.0. The Morgan fingerprint density at radius 3 is 2.82 bits per heavy atom. The van der Waals surface area contributed by atoms with Crippen molar-refractivity contribution in [2.24, 2.45) is 0 Å². The van der Waals surface area contributed by atoms with Crippen molar-refractivity contribution in [3.8, 4) is 0 Å². The summed E-state index contributed by atoms with van der Waals surface area (Å²) in [5.41, 5.74) is 0. The number of carbonyl (C=O) groups excluding carboxylic acids is 2. The first kappa shape index (κ1) is 7.38. The van der Waals surface area contributed by atoms with Gasteiger partial charge in [0.15, 0.2) is 0 Å². The summed E-state index contributed by atoms with van der Waals surface area (Å²) in [7, 11) is 2.38. The van der Waals surface area contributed by atoms with Gasteiger partial charge in [0.25, 0.3) is 0 Å². The van der Waals surface area contributed by atoms with Gasteiger partial charge >= 0.3 is 0 Å². The lowest BCUT2D eigenvalue weighted by atomic mass is 10.1. The van der Waals surface area contributed by atoms with Crippen molar-refractivity contribution in [1.82, 2.24) is 5.32 Å². The number of hydrogen-bond donors (Lipinski definition) is 1. The molecular formula is C7H14NO2P. The van der Waals surface area contributed by atoms with Crippen LogP contribution in [0, 0.1) is 0 Å². The maximum absolute atomic E-state index is 11.1. The second kappa shape index (κ2) is 5.39. The normalized spacial score (nSPS) is 15.0. The van der Waals surface area contributed by atoms with Crippen LogP contribution in [-0.4, -0.2) is 23.9 Å². The molecule has 0 fully saturated rings. The first-order valence-corrected chi connectivity index (χ1v) is 4.03. The van der Waals surface area contributed by atoms with E-state index >= 15 is 0 Å². The van der Waals surface area contributed by atoms with E-state index in [1.165, 1.54) is 0 Å². The quantitative estimate of drug-likeness (QED) is 0.616. The Kier molecular flexibility index (Phi) is 3.62. The van der Waals surface area contributed by atoms with E-state index < -0.39 is 6.04 Å². The molecule has 4 heteroatoms. The highest BCUT2D eigenvalue weighted by molar-refractivity contribution is 7.16. The second-order valence-electron chi connectivity index (χ2n) is 2.17. The molecule has 0 bridgehead atoms. The van der Waals surface area contributed by atoms with Gasteiger partial charge in [0.1, 0.15) is 11.6 Å². The molecule has 0 spiro atoms. The van der Waals surface area contributed by atoms with Crippen LogP contribution in [0.15, 0.2) is 0 Å². The molecular weight excluding hydrogens is 161 g/mol. The standard InChI is InChI=1S/C7H14NO2P/c1-5(9)3-7(6(2)10)8-4-11/h7-8H,3-4,11H2,1-2H3/i1D,2D. The summed E-state index contributed by atoms with van der Waals surface area (Å²) in [6, 6.07) is -0.590. The maximum Gasteiger partial charge on any atom is 0.147 e. The van der Waals surface area contributed by atoms with Crippen LogP contribution in [0.5, 0.6) is 0 Å². The molecule has 0 aliphatic heterocycles. The Bertz CT molecular complexity index is 189. The molecule has 0 radical (unpaired) electrons. The molecule has 0 saturated heterocycles. The SMILES string of the molecule is [2H]CC(=O)CC(NCP)C(=O)C[2H]. The second-order valence-corrected chi connectivity index (χ2v) is 2.58. The van der Waals surface area contributed by atoms with E-state index in [9.17, 15) is 9.59 Å². The van der Waals surface area contributed by atoms with Crippen LogP contribution in [0.4, 0.5) is 0 Å². The van der Waals surface area contributed by atoms with E-state index in [4.69, 9.17) is 2.74 Å². The Morgan fingerprint density at radius 1 is 1.64 bits per heavy atom. The summed E-state index contributed by atoms with van der Waals surface area (Å²) in [5, 5.41) is 2.79. The molecule has 0 amide bonds. The smallest absolute Gasteiger partial charge is 0.147 e. The van der Waals surface area contributed by atoms with Gasteiger partial charge in [-0.3, -0.25) is 9.59 Å². The molecule has 11 heavy (non-hydrogen) atoms. The van der Waals surface area contributed by atoms with E-state index in [0.29, 0.717) is 6.29 Å². The Morgan fingerprint density at radius 2 is 2.36 bits per heavy atom. The van der Waals surface area contributed by atoms with Crippen molar-refractivity contribution < 1.29 is 12.3 Å². The van der Waals surface area contributed by atoms with Crippen molar-refractivity contribution in [3.63, 3.8) is 0 Å². The third-order valence-corrected chi connectivity index (χ3v) is 1.42. The van der Waals surface area contributed by atoms with Crippen LogP contribution in [0.2, 0.25) is 0 Å². The van der Waals surface area contributed by atoms with E-state index in [1.807, 2.05) is 0 Å². The molecule has 0 heterocycles. The van der Waals surface area contributed by atoms with Gasteiger partial charge in [-0.2, -0.15) is 0 Å². The summed E-state index contributed by atoms with van der Waals surface area (Å²) in [6.45, 7) is -0.631. The predicted molar refractivity (Wildman–Crippen MR) is 47.5 cm³/mol. The minimum atomic E-state index is -0.590. The van der Waals surface area contributed by atoms with Gasteiger partial charge in [-0.1, -0.05) is 0 Å². The van der Waals surface area contributed by atoms with Gasteiger partial charge in [0.2, 0.25) is 0 Å². The average Bonchev–Trinajstić information content (AvgIpc) is 2.15. The largest absolute Gasteiger partial charge is 0.304 e. The molecule has 0 aromatic heterocycles. The summed E-state index contributed by atoms with van der Waals surface area (Å²) < 4.78 is 13.7. The average molecular weight is 177 g/mol. The zero-order valence-corrected chi connectivity index (χ0v) is 7.45. The van der Waals surface area contributed by atoms with Crippen LogP contribution in [0.3, 0.4) is 0 Å². The summed E-state index contributed by atoms with van der Waals surface area (Å²) in [6.07, 6.45) is 0.525. The van der Waals surface area contributed by atoms with Gasteiger partial charge in [0.05, 0.1) is 6.04 Å². The van der Waals surface area contributed by atoms with Gasteiger partial charge in [-0.25, -0.2) is 0 Å². The molecule has 0 aromatic rings. The fourth-order valence-electron chi connectivity index (χ4n) is 0.670. The molecule has 0 rings (SSSR count). The van der Waals surface area contributed by atoms with Crippen LogP contribution in [0.1, 0.15) is 23.0 Å². The number of ketones is 2. The van der Waals surface area contributed by atoms with E-state index in [1.54, 1.807) is 0 Å². The van der Waals surface area contributed by atoms with E-state index in [0.717, 1.165) is 0 Å². The fourth-order valence-corrected chi connectivity index (χ4v) is 0.954. The van der Waals surface area contributed by atoms with Crippen LogP contribution in [0.25, 0.3) is 0 Å². The zero-order chi connectivity index (χ0) is 10.3. The number of nitrogens with one attached hydrogen (secondary N) is 1. The highest BCUT2D eigenvalue weighted by Crippen LogP contribution is 1.95. The number of hydrogen-bond acceptors (Lipinski definition) is 3. The molecule has 0 aliphatic carbocycles. The first-order chi connectivity index (χ1) is 6.15. The maximum atomic E-state index is 11.1. The Hall–Kier alpha value is -0.270. The molecule has 64 valence electrons. The minimum Gasteiger partial charge on any atom is -0.304 e. The minimum absolute atomic E-state index is 0.0234. The van der Waals surface area contributed by atoms with Gasteiger partial charge in [-0.15, -0.1) is 9.24 Å². The molecule has 1 N–H and O–H groups in total. The van der Waals surface area contributed by atoms with Crippen molar-refractivity contribution >= 4 is 20.8 Å². The van der Waals surface area contributed by atoms with E-state index in [-0.39, 0.29) is 31.8 Å². The molecule has 2 atom stereocenters. The third kappa shape index (κ3) is 5.05. The van der Waals surface area contributed by atoms with Gasteiger partial charge < -0.3 is 5.32 Å². The third-order valence-electron chi connectivity index (χ3n) is 1.18. The lowest BCUT2D eigenvalue weighted by molar-refractivity contribution is -0.123. The Balaban J connectivity index is 4.08. The van der Waals surface area contributed by atoms with Gasteiger partial charge in [-0.05, 0) is 13.8 Å². The molecule has 3 nitrogen and oxygen atoms in total. The predicted octanol–water partition coefficient (Wildman–Crippen LogP) is 0.345. The monoisotopic (exact) mass is 177 g/mol. The number of Topliss-reactive ketones (excluding diaryl/α,β-unsaturated/α-hetero) is 2. The summed E-state index contributed by atoms with van der Waals surface area (Å²) >= 11 is 0. The number of carbonyl (C=O) groups is 2. The van der Waals surface area contributed by atoms with Crippen molar-refractivity contribution in [3.05, 3.63) is 0 Å². The zero-order valence-electron chi connectivity index (χ0n) is 8.30. The van der Waals surface area contributed by atoms with Crippen LogP contribution in [-0.2, 0) is 9.59 Å². The molecule has 2 unspecified atom stereocenters. The van der Waals surface area contributed by atoms with E-state index in [2.05, 4.69) is 14.6 Å². The highest BCUT2D eigenvalue weighted by atomic mass is 31.0. The molecule has 0 aromatic carbocycles. The van der Waals surface area contributed by atoms with Crippen molar-refractivity contribution in [2.45, 2.75) is 26.3 Å². The summed E-state index contributed by atoms with van der Waals surface area (Å²) in [5.74, 6) is -0.581. The lowest BCUT2D eigenvalue weighted by Gasteiger charge is -2.11. The fraction of sp³-hybridized carbons (Fsp3) is 0.714. The van der Waals surface area contributed by atoms with Crippen LogP contribution >= 0.6 is 9.24 Å². The first-order valence-electron chi connectivity index (χ1n) is 4.63. The number of rotatable bonds is 5. The van der Waals surface area contributed by atoms with Crippen molar-refractivity contribution in [2.75, 3.05) is 6.29 Å². The highest BCUT2D eigenvalue weighted by Gasteiger charge is 2.13. The molecule has 0 saturated carbocycles.